The van der Waals surface area contributed by atoms with Crippen molar-refractivity contribution in [3.63, 3.8) is 0 Å². The topological polar surface area (TPSA) is 38.8 Å². The highest BCUT2D eigenvalue weighted by Crippen LogP contribution is 2.12. The number of fused-ring (bicyclic) bond motifs is 1. The van der Waals surface area contributed by atoms with E-state index in [-0.39, 0.29) is 5.56 Å². The Labute approximate surface area is 116 Å². The lowest BCUT2D eigenvalue weighted by molar-refractivity contribution is -0.926. The molecule has 0 aliphatic carbocycles. The van der Waals surface area contributed by atoms with Crippen molar-refractivity contribution in [1.82, 2.24) is 9.38 Å². The van der Waals surface area contributed by atoms with Crippen LogP contribution in [0.2, 0.25) is 0 Å². The Kier molecular flexibility index (Phi) is 3.41. The summed E-state index contributed by atoms with van der Waals surface area (Å²) in [7, 11) is 0. The first kappa shape index (κ1) is 12.8. The molecule has 1 fully saturated rings. The van der Waals surface area contributed by atoms with E-state index in [1.165, 1.54) is 30.8 Å². The van der Waals surface area contributed by atoms with Gasteiger partial charge in [-0.25, -0.2) is 4.98 Å². The third kappa shape index (κ3) is 2.72. The second-order valence-electron chi connectivity index (χ2n) is 5.92. The van der Waals surface area contributed by atoms with Gasteiger partial charge < -0.3 is 4.90 Å². The second-order valence-corrected chi connectivity index (χ2v) is 6.80. The summed E-state index contributed by atoms with van der Waals surface area (Å²) in [4.78, 5) is 18.9. The Morgan fingerprint density at radius 2 is 2.16 bits per heavy atom. The van der Waals surface area contributed by atoms with E-state index >= 15 is 0 Å². The maximum atomic E-state index is 12.0. The zero-order valence-electron chi connectivity index (χ0n) is 11.4. The SMILES string of the molecule is C[C@@H]1C[C@@H](C)C[NH+](Cc2cc(=O)n3ccsc3n2)C1. The number of likely N-dealkylation sites (tertiary alicyclic amines) is 1. The number of quaternary nitrogens is 1. The van der Waals surface area contributed by atoms with Crippen LogP contribution in [0.3, 0.4) is 0 Å². The summed E-state index contributed by atoms with van der Waals surface area (Å²) in [5.74, 6) is 1.54. The Hall–Kier alpha value is -1.20. The largest absolute Gasteiger partial charge is 0.329 e. The molecule has 2 aromatic heterocycles. The van der Waals surface area contributed by atoms with E-state index < -0.39 is 0 Å². The molecule has 4 nitrogen and oxygen atoms in total. The molecule has 0 amide bonds. The number of rotatable bonds is 2. The highest BCUT2D eigenvalue weighted by Gasteiger charge is 2.25. The Morgan fingerprint density at radius 1 is 1.42 bits per heavy atom. The van der Waals surface area contributed by atoms with Crippen LogP contribution in [0.4, 0.5) is 0 Å². The van der Waals surface area contributed by atoms with E-state index in [9.17, 15) is 4.79 Å². The van der Waals surface area contributed by atoms with Gasteiger partial charge >= 0.3 is 0 Å². The van der Waals surface area contributed by atoms with Gasteiger partial charge in [-0.3, -0.25) is 9.20 Å². The van der Waals surface area contributed by atoms with E-state index in [0.29, 0.717) is 0 Å². The first-order valence-electron chi connectivity index (χ1n) is 6.91. The normalized spacial score (nSPS) is 27.8. The lowest BCUT2D eigenvalue weighted by atomic mass is 9.92. The molecule has 102 valence electrons. The third-order valence-electron chi connectivity index (χ3n) is 3.87. The number of nitrogens with zero attached hydrogens (tertiary/aromatic N) is 2. The molecule has 0 bridgehead atoms. The number of piperidine rings is 1. The minimum Gasteiger partial charge on any atom is -0.329 e. The highest BCUT2D eigenvalue weighted by atomic mass is 32.1. The van der Waals surface area contributed by atoms with Crippen molar-refractivity contribution in [3.05, 3.63) is 33.7 Å². The maximum absolute atomic E-state index is 12.0. The van der Waals surface area contributed by atoms with Gasteiger partial charge in [0.1, 0.15) is 12.2 Å². The van der Waals surface area contributed by atoms with Crippen LogP contribution < -0.4 is 10.5 Å². The predicted octanol–water partition coefficient (Wildman–Crippen LogP) is 0.817. The van der Waals surface area contributed by atoms with Crippen molar-refractivity contribution in [2.75, 3.05) is 13.1 Å². The van der Waals surface area contributed by atoms with Crippen LogP contribution in [-0.4, -0.2) is 22.5 Å². The second kappa shape index (κ2) is 5.06. The van der Waals surface area contributed by atoms with Crippen molar-refractivity contribution in [2.24, 2.45) is 11.8 Å². The molecule has 2 aromatic rings. The maximum Gasteiger partial charge on any atom is 0.258 e. The quantitative estimate of drug-likeness (QED) is 0.883. The number of thiazole rings is 1. The van der Waals surface area contributed by atoms with Crippen molar-refractivity contribution in [1.29, 1.82) is 0 Å². The van der Waals surface area contributed by atoms with Crippen LogP contribution in [0.1, 0.15) is 26.0 Å². The molecule has 1 N–H and O–H groups in total. The van der Waals surface area contributed by atoms with E-state index in [4.69, 9.17) is 0 Å². The van der Waals surface area contributed by atoms with Gasteiger partial charge in [0, 0.05) is 29.5 Å². The Bertz CT molecular complexity index is 623. The fourth-order valence-electron chi connectivity index (χ4n) is 3.30. The van der Waals surface area contributed by atoms with Crippen LogP contribution in [0.25, 0.3) is 4.96 Å². The van der Waals surface area contributed by atoms with E-state index in [1.807, 2.05) is 5.38 Å². The predicted molar refractivity (Wildman–Crippen MR) is 76.7 cm³/mol. The summed E-state index contributed by atoms with van der Waals surface area (Å²) in [5.41, 5.74) is 0.975. The molecular formula is C14H20N3OS+. The molecule has 0 saturated carbocycles. The van der Waals surface area contributed by atoms with E-state index in [1.54, 1.807) is 21.6 Å². The van der Waals surface area contributed by atoms with Gasteiger partial charge in [0.2, 0.25) is 0 Å². The van der Waals surface area contributed by atoms with Gasteiger partial charge in [-0.15, -0.1) is 11.3 Å². The highest BCUT2D eigenvalue weighted by molar-refractivity contribution is 7.15. The average Bonchev–Trinajstić information content (AvgIpc) is 2.75. The van der Waals surface area contributed by atoms with Gasteiger partial charge in [-0.05, 0) is 6.42 Å². The van der Waals surface area contributed by atoms with Crippen LogP contribution in [0.5, 0.6) is 0 Å². The fraction of sp³-hybridized carbons (Fsp3) is 0.571. The molecule has 0 radical (unpaired) electrons. The number of nitrogens with one attached hydrogen (secondary N) is 1. The third-order valence-corrected chi connectivity index (χ3v) is 4.62. The molecule has 5 heteroatoms. The molecule has 2 atom stereocenters. The van der Waals surface area contributed by atoms with Crippen LogP contribution in [0.15, 0.2) is 22.4 Å². The zero-order valence-corrected chi connectivity index (χ0v) is 12.2. The van der Waals surface area contributed by atoms with E-state index in [0.717, 1.165) is 29.0 Å². The van der Waals surface area contributed by atoms with Crippen molar-refractivity contribution in [2.45, 2.75) is 26.8 Å². The summed E-state index contributed by atoms with van der Waals surface area (Å²) in [5, 5.41) is 1.91. The standard InChI is InChI=1S/C14H19N3OS/c1-10-5-11(2)8-16(7-10)9-12-6-13(18)17-3-4-19-14(17)15-12/h3-4,6,10-11H,5,7-9H2,1-2H3/p+1/t10-,11-/m1/s1. The lowest BCUT2D eigenvalue weighted by Gasteiger charge is -2.31. The van der Waals surface area contributed by atoms with E-state index in [2.05, 4.69) is 18.8 Å². The monoisotopic (exact) mass is 278 g/mol. The molecule has 0 spiro atoms. The molecular weight excluding hydrogens is 258 g/mol. The molecule has 19 heavy (non-hydrogen) atoms. The first-order valence-corrected chi connectivity index (χ1v) is 7.79. The Balaban J connectivity index is 1.83. The molecule has 1 aliphatic rings. The first-order chi connectivity index (χ1) is 9.11. The number of aromatic nitrogens is 2. The summed E-state index contributed by atoms with van der Waals surface area (Å²) >= 11 is 1.52. The summed E-state index contributed by atoms with van der Waals surface area (Å²) in [6.45, 7) is 7.89. The smallest absolute Gasteiger partial charge is 0.258 e. The molecule has 3 rings (SSSR count). The molecule has 1 aliphatic heterocycles. The molecule has 0 aromatic carbocycles. The van der Waals surface area contributed by atoms with Crippen LogP contribution in [-0.2, 0) is 6.54 Å². The van der Waals surface area contributed by atoms with Crippen LogP contribution >= 0.6 is 11.3 Å². The minimum absolute atomic E-state index is 0.0405. The fourth-order valence-corrected chi connectivity index (χ4v) is 4.04. The van der Waals surface area contributed by atoms with Crippen LogP contribution in [0, 0.1) is 11.8 Å². The van der Waals surface area contributed by atoms with Crippen molar-refractivity contribution >= 4 is 16.3 Å². The lowest BCUT2D eigenvalue weighted by Crippen LogP contribution is -3.13. The minimum atomic E-state index is 0.0405. The number of hydrogen-bond acceptors (Lipinski definition) is 3. The Morgan fingerprint density at radius 3 is 2.89 bits per heavy atom. The van der Waals surface area contributed by atoms with Gasteiger partial charge in [-0.1, -0.05) is 13.8 Å². The molecule has 3 heterocycles. The van der Waals surface area contributed by atoms with Gasteiger partial charge in [0.05, 0.1) is 13.1 Å². The average molecular weight is 278 g/mol. The van der Waals surface area contributed by atoms with Crippen molar-refractivity contribution < 1.29 is 4.90 Å². The van der Waals surface area contributed by atoms with Gasteiger partial charge in [-0.2, -0.15) is 0 Å². The number of hydrogen-bond donors (Lipinski definition) is 1. The summed E-state index contributed by atoms with van der Waals surface area (Å²) in [6, 6.07) is 1.69. The van der Waals surface area contributed by atoms with Gasteiger partial charge in [0.15, 0.2) is 4.96 Å². The van der Waals surface area contributed by atoms with Gasteiger partial charge in [0.25, 0.3) is 5.56 Å². The molecule has 1 saturated heterocycles. The summed E-state index contributed by atoms with van der Waals surface area (Å²) < 4.78 is 1.62. The zero-order chi connectivity index (χ0) is 13.4. The molecule has 0 unspecified atom stereocenters. The van der Waals surface area contributed by atoms with Crippen molar-refractivity contribution in [3.8, 4) is 0 Å². The summed E-state index contributed by atoms with van der Waals surface area (Å²) in [6.07, 6.45) is 3.11.